The molecule has 0 saturated carbocycles. The first-order valence-corrected chi connectivity index (χ1v) is 10.4. The molecule has 2 N–H and O–H groups in total. The standard InChI is InChI=1S/C25H22ClN3O3/c1-25(2,24(30)31)15-32-20-10-5-16(6-11-20)21-12-7-18(13-27-21)23-28-14-22(29-23)17-3-8-19(26)9-4-17/h3-14H,15H2,1-2H3,(H,28,29)(H,30,31). The van der Waals surface area contributed by atoms with Gasteiger partial charge in [-0.25, -0.2) is 4.98 Å². The third-order valence-electron chi connectivity index (χ3n) is 5.10. The van der Waals surface area contributed by atoms with Crippen LogP contribution in [0.25, 0.3) is 33.9 Å². The van der Waals surface area contributed by atoms with Crippen molar-refractivity contribution in [2.75, 3.05) is 6.61 Å². The maximum atomic E-state index is 11.2. The number of carboxylic acid groups (broad SMARTS) is 1. The molecule has 0 aliphatic rings. The van der Waals surface area contributed by atoms with Crippen molar-refractivity contribution in [3.8, 4) is 39.7 Å². The maximum Gasteiger partial charge on any atom is 0.312 e. The summed E-state index contributed by atoms with van der Waals surface area (Å²) in [5.41, 5.74) is 3.59. The van der Waals surface area contributed by atoms with Gasteiger partial charge in [0.25, 0.3) is 0 Å². The largest absolute Gasteiger partial charge is 0.492 e. The number of aliphatic carboxylic acids is 1. The molecule has 2 aromatic heterocycles. The zero-order chi connectivity index (χ0) is 22.7. The maximum absolute atomic E-state index is 11.2. The van der Waals surface area contributed by atoms with Gasteiger partial charge in [0.2, 0.25) is 0 Å². The van der Waals surface area contributed by atoms with Gasteiger partial charge in [0, 0.05) is 22.3 Å². The van der Waals surface area contributed by atoms with E-state index >= 15 is 0 Å². The van der Waals surface area contributed by atoms with Gasteiger partial charge >= 0.3 is 5.97 Å². The quantitative estimate of drug-likeness (QED) is 0.365. The Hall–Kier alpha value is -3.64. The normalized spacial score (nSPS) is 11.3. The van der Waals surface area contributed by atoms with E-state index in [1.165, 1.54) is 0 Å². The molecule has 0 radical (unpaired) electrons. The Balaban J connectivity index is 1.45. The number of H-pyrrole nitrogens is 1. The summed E-state index contributed by atoms with van der Waals surface area (Å²) >= 11 is 5.96. The molecule has 7 heteroatoms. The number of nitrogens with zero attached hydrogens (tertiary/aromatic N) is 2. The molecule has 0 amide bonds. The average molecular weight is 448 g/mol. The predicted octanol–water partition coefficient (Wildman–Crippen LogP) is 5.95. The number of rotatable bonds is 7. The number of aromatic amines is 1. The molecule has 0 bridgehead atoms. The first-order valence-electron chi connectivity index (χ1n) is 10.1. The fraction of sp³-hybridized carbons (Fsp3) is 0.160. The second kappa shape index (κ2) is 8.85. The first kappa shape index (κ1) is 21.6. The van der Waals surface area contributed by atoms with Gasteiger partial charge in [-0.2, -0.15) is 0 Å². The zero-order valence-corrected chi connectivity index (χ0v) is 18.4. The molecule has 2 heterocycles. The summed E-state index contributed by atoms with van der Waals surface area (Å²) < 4.78 is 5.62. The van der Waals surface area contributed by atoms with Gasteiger partial charge in [0.15, 0.2) is 0 Å². The van der Waals surface area contributed by atoms with Gasteiger partial charge in [0.1, 0.15) is 18.2 Å². The minimum Gasteiger partial charge on any atom is -0.492 e. The average Bonchev–Trinajstić information content (AvgIpc) is 3.29. The zero-order valence-electron chi connectivity index (χ0n) is 17.7. The van der Waals surface area contributed by atoms with E-state index in [4.69, 9.17) is 16.3 Å². The van der Waals surface area contributed by atoms with Crippen molar-refractivity contribution in [1.82, 2.24) is 15.0 Å². The van der Waals surface area contributed by atoms with Crippen LogP contribution in [-0.2, 0) is 4.79 Å². The fourth-order valence-corrected chi connectivity index (χ4v) is 3.12. The van der Waals surface area contributed by atoms with E-state index in [0.29, 0.717) is 10.8 Å². The molecule has 0 fully saturated rings. The second-order valence-corrected chi connectivity index (χ2v) is 8.52. The van der Waals surface area contributed by atoms with Crippen molar-refractivity contribution in [2.24, 2.45) is 5.41 Å². The highest BCUT2D eigenvalue weighted by Crippen LogP contribution is 2.26. The smallest absolute Gasteiger partial charge is 0.312 e. The van der Waals surface area contributed by atoms with Crippen molar-refractivity contribution in [2.45, 2.75) is 13.8 Å². The molecule has 0 aliphatic heterocycles. The molecule has 0 atom stereocenters. The molecule has 2 aromatic carbocycles. The highest BCUT2D eigenvalue weighted by molar-refractivity contribution is 6.30. The lowest BCUT2D eigenvalue weighted by molar-refractivity contribution is -0.148. The first-order chi connectivity index (χ1) is 15.3. The number of benzene rings is 2. The van der Waals surface area contributed by atoms with Crippen LogP contribution in [0.1, 0.15) is 13.8 Å². The summed E-state index contributed by atoms with van der Waals surface area (Å²) in [6, 6.07) is 18.9. The number of hydrogen-bond donors (Lipinski definition) is 2. The fourth-order valence-electron chi connectivity index (χ4n) is 3.00. The van der Waals surface area contributed by atoms with Crippen molar-refractivity contribution < 1.29 is 14.6 Å². The lowest BCUT2D eigenvalue weighted by Gasteiger charge is -2.19. The SMILES string of the molecule is CC(C)(COc1ccc(-c2ccc(-c3ncc(-c4ccc(Cl)cc4)[nH]3)cn2)cc1)C(=O)O. The summed E-state index contributed by atoms with van der Waals surface area (Å²) in [5.74, 6) is 0.457. The molecule has 4 rings (SSSR count). The number of imidazole rings is 1. The third kappa shape index (κ3) is 4.81. The highest BCUT2D eigenvalue weighted by atomic mass is 35.5. The molecule has 32 heavy (non-hydrogen) atoms. The van der Waals surface area contributed by atoms with Crippen LogP contribution in [0.5, 0.6) is 5.75 Å². The van der Waals surface area contributed by atoms with E-state index in [9.17, 15) is 9.90 Å². The van der Waals surface area contributed by atoms with Gasteiger partial charge in [-0.1, -0.05) is 23.7 Å². The topological polar surface area (TPSA) is 88.1 Å². The molecular weight excluding hydrogens is 426 g/mol. The minimum atomic E-state index is -0.949. The molecular formula is C25H22ClN3O3. The number of halogens is 1. The number of carbonyl (C=O) groups is 1. The van der Waals surface area contributed by atoms with Gasteiger partial charge in [-0.15, -0.1) is 0 Å². The monoisotopic (exact) mass is 447 g/mol. The van der Waals surface area contributed by atoms with E-state index in [0.717, 1.165) is 33.9 Å². The summed E-state index contributed by atoms with van der Waals surface area (Å²) in [5, 5.41) is 9.88. The molecule has 0 aliphatic carbocycles. The van der Waals surface area contributed by atoms with Crippen LogP contribution < -0.4 is 4.74 Å². The van der Waals surface area contributed by atoms with Crippen LogP contribution in [0, 0.1) is 5.41 Å². The highest BCUT2D eigenvalue weighted by Gasteiger charge is 2.28. The Labute approximate surface area is 190 Å². The van der Waals surface area contributed by atoms with Crippen LogP contribution in [0.2, 0.25) is 5.02 Å². The van der Waals surface area contributed by atoms with Gasteiger partial charge in [-0.3, -0.25) is 9.78 Å². The Morgan fingerprint density at radius 3 is 2.22 bits per heavy atom. The number of aromatic nitrogens is 3. The van der Waals surface area contributed by atoms with E-state index in [2.05, 4.69) is 15.0 Å². The number of carboxylic acids is 1. The summed E-state index contributed by atoms with van der Waals surface area (Å²) in [4.78, 5) is 23.5. The number of ether oxygens (including phenoxy) is 1. The van der Waals surface area contributed by atoms with Crippen molar-refractivity contribution in [3.05, 3.63) is 78.1 Å². The Kier molecular flexibility index (Phi) is 5.97. The Morgan fingerprint density at radius 1 is 0.938 bits per heavy atom. The minimum absolute atomic E-state index is 0.0930. The van der Waals surface area contributed by atoms with Crippen molar-refractivity contribution in [3.63, 3.8) is 0 Å². The lowest BCUT2D eigenvalue weighted by Crippen LogP contribution is -2.30. The number of nitrogens with one attached hydrogen (secondary N) is 1. The summed E-state index contributed by atoms with van der Waals surface area (Å²) in [6.07, 6.45) is 3.57. The van der Waals surface area contributed by atoms with Crippen LogP contribution in [0.4, 0.5) is 0 Å². The summed E-state index contributed by atoms with van der Waals surface area (Å²) in [6.45, 7) is 3.36. The molecule has 4 aromatic rings. The number of pyridine rings is 1. The van der Waals surface area contributed by atoms with Crippen LogP contribution in [-0.4, -0.2) is 32.6 Å². The van der Waals surface area contributed by atoms with Gasteiger partial charge in [0.05, 0.1) is 23.0 Å². The van der Waals surface area contributed by atoms with E-state index in [-0.39, 0.29) is 6.61 Å². The Morgan fingerprint density at radius 2 is 1.59 bits per heavy atom. The van der Waals surface area contributed by atoms with Crippen LogP contribution in [0.15, 0.2) is 73.1 Å². The van der Waals surface area contributed by atoms with E-state index in [1.54, 1.807) is 26.2 Å². The third-order valence-corrected chi connectivity index (χ3v) is 5.35. The van der Waals surface area contributed by atoms with Gasteiger partial charge in [-0.05, 0) is 67.9 Å². The van der Waals surface area contributed by atoms with E-state index in [1.807, 2.05) is 60.7 Å². The number of hydrogen-bond acceptors (Lipinski definition) is 4. The lowest BCUT2D eigenvalue weighted by atomic mass is 9.95. The van der Waals surface area contributed by atoms with Crippen LogP contribution >= 0.6 is 11.6 Å². The molecule has 162 valence electrons. The van der Waals surface area contributed by atoms with Crippen molar-refractivity contribution >= 4 is 17.6 Å². The molecule has 0 spiro atoms. The van der Waals surface area contributed by atoms with Crippen molar-refractivity contribution in [1.29, 1.82) is 0 Å². The second-order valence-electron chi connectivity index (χ2n) is 8.09. The Bertz CT molecular complexity index is 1210. The molecule has 0 saturated heterocycles. The summed E-state index contributed by atoms with van der Waals surface area (Å²) in [7, 11) is 0. The molecule has 0 unspecified atom stereocenters. The predicted molar refractivity (Wildman–Crippen MR) is 125 cm³/mol. The van der Waals surface area contributed by atoms with Gasteiger partial charge < -0.3 is 14.8 Å². The van der Waals surface area contributed by atoms with Crippen LogP contribution in [0.3, 0.4) is 0 Å². The molecule has 6 nitrogen and oxygen atoms in total. The van der Waals surface area contributed by atoms with E-state index < -0.39 is 11.4 Å².